The molecule has 1 aromatic heterocycles. The summed E-state index contributed by atoms with van der Waals surface area (Å²) in [5, 5.41) is 14.0. The molecule has 1 fully saturated rings. The van der Waals surface area contributed by atoms with E-state index < -0.39 is 35.6 Å². The Morgan fingerprint density at radius 3 is 2.79 bits per heavy atom. The van der Waals surface area contributed by atoms with Crippen LogP contribution in [0.15, 0.2) is 58.3 Å². The van der Waals surface area contributed by atoms with Crippen LogP contribution in [0.3, 0.4) is 0 Å². The second-order valence-electron chi connectivity index (χ2n) is 8.87. The topological polar surface area (TPSA) is 166 Å². The van der Waals surface area contributed by atoms with Crippen molar-refractivity contribution >= 4 is 45.9 Å². The van der Waals surface area contributed by atoms with Crippen molar-refractivity contribution in [1.82, 2.24) is 4.57 Å². The number of rotatable bonds is 6. The molecule has 0 saturated carbocycles. The third-order valence-corrected chi connectivity index (χ3v) is 6.55. The first-order chi connectivity index (χ1) is 18.3. The van der Waals surface area contributed by atoms with Gasteiger partial charge >= 0.3 is 5.97 Å². The number of carbonyl (C=O) groups excluding carboxylic acids is 3. The predicted octanol–water partition coefficient (Wildman–Crippen LogP) is 0.125. The van der Waals surface area contributed by atoms with Gasteiger partial charge in [-0.1, -0.05) is 6.07 Å². The number of ether oxygens (including phenoxy) is 2. The van der Waals surface area contributed by atoms with Crippen LogP contribution >= 0.6 is 0 Å². The lowest BCUT2D eigenvalue weighted by Gasteiger charge is -2.34. The van der Waals surface area contributed by atoms with E-state index in [1.165, 1.54) is 22.6 Å². The van der Waals surface area contributed by atoms with Crippen LogP contribution in [-0.4, -0.2) is 65.8 Å². The number of carbonyl (C=O) groups is 3. The number of esters is 1. The van der Waals surface area contributed by atoms with Crippen molar-refractivity contribution < 1.29 is 29.0 Å². The van der Waals surface area contributed by atoms with Crippen molar-refractivity contribution in [1.29, 1.82) is 0 Å². The van der Waals surface area contributed by atoms with Gasteiger partial charge in [-0.25, -0.2) is 0 Å². The zero-order chi connectivity index (χ0) is 27.0. The second kappa shape index (κ2) is 10.1. The number of benzene rings is 2. The summed E-state index contributed by atoms with van der Waals surface area (Å²) in [5.74, 6) is -1.59. The number of aliphatic imine (C=N–C) groups is 1. The van der Waals surface area contributed by atoms with E-state index in [2.05, 4.69) is 10.3 Å². The first kappa shape index (κ1) is 25.1. The third kappa shape index (κ3) is 4.62. The van der Waals surface area contributed by atoms with E-state index in [0.29, 0.717) is 34.7 Å². The molecular formula is C26H25N5O7. The lowest BCUT2D eigenvalue weighted by Crippen LogP contribution is -2.55. The van der Waals surface area contributed by atoms with Crippen LogP contribution < -0.4 is 21.5 Å². The molecule has 2 aliphatic rings. The third-order valence-electron chi connectivity index (χ3n) is 6.55. The molecule has 2 unspecified atom stereocenters. The number of fused-ring (bicyclic) bond motifs is 2. The SMILES string of the molecule is COC(=O)Cn1c(=O)ccc2ccc(N3CCOC(C(O)C(=O)Nc4ccc5c(c4)CN=C5N)C3=O)cc21. The zero-order valence-electron chi connectivity index (χ0n) is 20.4. The average molecular weight is 520 g/mol. The Morgan fingerprint density at radius 1 is 1.21 bits per heavy atom. The van der Waals surface area contributed by atoms with E-state index in [9.17, 15) is 24.3 Å². The number of amidine groups is 1. The van der Waals surface area contributed by atoms with Gasteiger partial charge in [-0.15, -0.1) is 0 Å². The number of nitrogens with two attached hydrogens (primary N) is 1. The Kier molecular flexibility index (Phi) is 6.66. The first-order valence-electron chi connectivity index (χ1n) is 11.8. The number of pyridine rings is 1. The molecule has 3 aromatic rings. The molecule has 0 radical (unpaired) electrons. The van der Waals surface area contributed by atoms with Crippen LogP contribution in [-0.2, 0) is 36.9 Å². The number of nitrogens with zero attached hydrogens (tertiary/aromatic N) is 3. The van der Waals surface area contributed by atoms with Crippen molar-refractivity contribution in [3.05, 3.63) is 70.0 Å². The van der Waals surface area contributed by atoms with Gasteiger partial charge in [0.05, 0.1) is 25.8 Å². The molecule has 1 saturated heterocycles. The van der Waals surface area contributed by atoms with Gasteiger partial charge in [-0.3, -0.25) is 28.7 Å². The highest BCUT2D eigenvalue weighted by molar-refractivity contribution is 6.05. The van der Waals surface area contributed by atoms with E-state index in [0.717, 1.165) is 11.1 Å². The van der Waals surface area contributed by atoms with Gasteiger partial charge in [0.25, 0.3) is 17.4 Å². The summed E-state index contributed by atoms with van der Waals surface area (Å²) >= 11 is 0. The summed E-state index contributed by atoms with van der Waals surface area (Å²) in [6.07, 6.45) is -3.22. The number of nitrogens with one attached hydrogen (secondary N) is 1. The number of aromatic nitrogens is 1. The lowest BCUT2D eigenvalue weighted by atomic mass is 10.1. The summed E-state index contributed by atoms with van der Waals surface area (Å²) < 4.78 is 11.4. The fourth-order valence-corrected chi connectivity index (χ4v) is 4.55. The van der Waals surface area contributed by atoms with Gasteiger partial charge in [0.1, 0.15) is 12.4 Å². The molecule has 4 N–H and O–H groups in total. The number of hydrogen-bond acceptors (Lipinski definition) is 9. The number of methoxy groups -OCH3 is 1. The fraction of sp³-hybridized carbons (Fsp3) is 0.269. The molecule has 2 atom stereocenters. The Morgan fingerprint density at radius 2 is 2.00 bits per heavy atom. The minimum Gasteiger partial charge on any atom is -0.468 e. The molecular weight excluding hydrogens is 494 g/mol. The molecule has 2 aliphatic heterocycles. The highest BCUT2D eigenvalue weighted by atomic mass is 16.5. The van der Waals surface area contributed by atoms with Gasteiger partial charge in [0.2, 0.25) is 0 Å². The molecule has 2 amide bonds. The summed E-state index contributed by atoms with van der Waals surface area (Å²) in [6, 6.07) is 13.0. The number of aliphatic hydroxyl groups excluding tert-OH is 1. The van der Waals surface area contributed by atoms with Gasteiger partial charge in [0.15, 0.2) is 12.2 Å². The van der Waals surface area contributed by atoms with Crippen molar-refractivity contribution in [3.63, 3.8) is 0 Å². The van der Waals surface area contributed by atoms with Gasteiger partial charge in [0, 0.05) is 29.5 Å². The largest absolute Gasteiger partial charge is 0.468 e. The van der Waals surface area contributed by atoms with Gasteiger partial charge in [-0.2, -0.15) is 0 Å². The monoisotopic (exact) mass is 519 g/mol. The van der Waals surface area contributed by atoms with Crippen molar-refractivity contribution in [2.24, 2.45) is 10.7 Å². The number of amides is 2. The summed E-state index contributed by atoms with van der Waals surface area (Å²) in [7, 11) is 1.23. The molecule has 38 heavy (non-hydrogen) atoms. The molecule has 2 aromatic carbocycles. The summed E-state index contributed by atoms with van der Waals surface area (Å²) in [6.45, 7) is 0.329. The predicted molar refractivity (Wildman–Crippen MR) is 138 cm³/mol. The Labute approximate surface area is 216 Å². The molecule has 0 bridgehead atoms. The highest BCUT2D eigenvalue weighted by Gasteiger charge is 2.39. The quantitative estimate of drug-likeness (QED) is 0.387. The average Bonchev–Trinajstić information content (AvgIpc) is 3.29. The van der Waals surface area contributed by atoms with Crippen molar-refractivity contribution in [2.45, 2.75) is 25.3 Å². The summed E-state index contributed by atoms with van der Waals surface area (Å²) in [5.41, 5.74) is 8.32. The van der Waals surface area contributed by atoms with E-state index in [-0.39, 0.29) is 19.7 Å². The van der Waals surface area contributed by atoms with Gasteiger partial charge in [-0.05, 0) is 47.3 Å². The molecule has 0 spiro atoms. The lowest BCUT2D eigenvalue weighted by molar-refractivity contribution is -0.150. The summed E-state index contributed by atoms with van der Waals surface area (Å²) in [4.78, 5) is 55.9. The Bertz CT molecular complexity index is 1550. The molecule has 12 heteroatoms. The number of aliphatic hydroxyl groups is 1. The maximum absolute atomic E-state index is 13.3. The van der Waals surface area contributed by atoms with Crippen molar-refractivity contribution in [2.75, 3.05) is 30.5 Å². The van der Waals surface area contributed by atoms with Gasteiger partial charge < -0.3 is 30.5 Å². The van der Waals surface area contributed by atoms with Crippen molar-refractivity contribution in [3.8, 4) is 0 Å². The van der Waals surface area contributed by atoms with Crippen LogP contribution in [0.5, 0.6) is 0 Å². The molecule has 12 nitrogen and oxygen atoms in total. The Balaban J connectivity index is 1.36. The van der Waals surface area contributed by atoms with E-state index >= 15 is 0 Å². The van der Waals surface area contributed by atoms with Crippen LogP contribution in [0, 0.1) is 0 Å². The molecule has 0 aliphatic carbocycles. The number of morpholine rings is 1. The van der Waals surface area contributed by atoms with E-state index in [4.69, 9.17) is 15.2 Å². The zero-order valence-corrected chi connectivity index (χ0v) is 20.4. The fourth-order valence-electron chi connectivity index (χ4n) is 4.55. The maximum atomic E-state index is 13.3. The molecule has 3 heterocycles. The van der Waals surface area contributed by atoms with Crippen LogP contribution in [0.2, 0.25) is 0 Å². The standard InChI is InChI=1S/C26H25N5O7/c1-37-21(33)13-31-19-11-17(5-2-14(19)3-7-20(31)32)30-8-9-38-23(26(30)36)22(34)25(35)29-16-4-6-18-15(10-16)12-28-24(18)27/h2-7,10-11,22-23,34H,8-9,12-13H2,1H3,(H2,27,28)(H,29,35). The number of anilines is 2. The van der Waals surface area contributed by atoms with Crippen LogP contribution in [0.1, 0.15) is 11.1 Å². The second-order valence-corrected chi connectivity index (χ2v) is 8.87. The van der Waals surface area contributed by atoms with Crippen LogP contribution in [0.4, 0.5) is 11.4 Å². The highest BCUT2D eigenvalue weighted by Crippen LogP contribution is 2.26. The molecule has 196 valence electrons. The maximum Gasteiger partial charge on any atom is 0.325 e. The minimum atomic E-state index is -1.78. The van der Waals surface area contributed by atoms with E-state index in [1.54, 1.807) is 42.5 Å². The molecule has 5 rings (SSSR count). The Hall–Kier alpha value is -4.55. The van der Waals surface area contributed by atoms with E-state index in [1.807, 2.05) is 0 Å². The first-order valence-corrected chi connectivity index (χ1v) is 11.8. The smallest absolute Gasteiger partial charge is 0.325 e. The minimum absolute atomic E-state index is 0.0675. The number of hydrogen-bond donors (Lipinski definition) is 3. The van der Waals surface area contributed by atoms with Crippen LogP contribution in [0.25, 0.3) is 10.9 Å². The normalized spacial score (nSPS) is 17.6.